The van der Waals surface area contributed by atoms with Gasteiger partial charge in [-0.2, -0.15) is 5.10 Å². The number of nitrogens with one attached hydrogen (secondary N) is 2. The third-order valence-electron chi connectivity index (χ3n) is 6.76. The Balaban J connectivity index is 1.36. The van der Waals surface area contributed by atoms with Crippen molar-refractivity contribution >= 4 is 17.5 Å². The molecule has 0 bridgehead atoms. The molecule has 2 aliphatic carbocycles. The number of benzene rings is 2. The predicted octanol–water partition coefficient (Wildman–Crippen LogP) is 4.24. The molecule has 3 aromatic rings. The fourth-order valence-electron chi connectivity index (χ4n) is 4.31. The minimum atomic E-state index is -0.930. The summed E-state index contributed by atoms with van der Waals surface area (Å²) in [7, 11) is 1.38. The second-order valence-corrected chi connectivity index (χ2v) is 9.64. The van der Waals surface area contributed by atoms with Gasteiger partial charge in [0.25, 0.3) is 11.8 Å². The van der Waals surface area contributed by atoms with E-state index >= 15 is 0 Å². The summed E-state index contributed by atoms with van der Waals surface area (Å²) in [5.41, 5.74) is 7.49. The molecule has 2 amide bonds. The lowest BCUT2D eigenvalue weighted by molar-refractivity contribution is -0.122. The van der Waals surface area contributed by atoms with Gasteiger partial charge in [0.15, 0.2) is 17.2 Å². The van der Waals surface area contributed by atoms with E-state index in [2.05, 4.69) is 45.1 Å². The second kappa shape index (κ2) is 10.4. The van der Waals surface area contributed by atoms with E-state index in [1.54, 1.807) is 6.92 Å². The lowest BCUT2D eigenvalue weighted by Gasteiger charge is -2.15. The summed E-state index contributed by atoms with van der Waals surface area (Å²) in [4.78, 5) is 29.5. The van der Waals surface area contributed by atoms with Crippen molar-refractivity contribution < 1.29 is 19.4 Å². The first-order valence-electron chi connectivity index (χ1n) is 12.6. The van der Waals surface area contributed by atoms with Crippen LogP contribution in [0.1, 0.15) is 77.2 Å². The Morgan fingerprint density at radius 1 is 1.00 bits per heavy atom. The van der Waals surface area contributed by atoms with Crippen LogP contribution in [0.5, 0.6) is 11.5 Å². The van der Waals surface area contributed by atoms with Crippen molar-refractivity contribution in [3.05, 3.63) is 88.7 Å². The van der Waals surface area contributed by atoms with Crippen molar-refractivity contribution in [3.8, 4) is 11.5 Å². The zero-order chi connectivity index (χ0) is 25.9. The molecule has 1 aromatic heterocycles. The SMILES string of the molecule is COc1ccnc(C(=O)N[C@@H](C)C(=O)NN=C(c2cccc(C3CC3)c2)c2cccc(C3CC3)c2)c1O. The number of nitrogens with zero attached hydrogens (tertiary/aromatic N) is 2. The van der Waals surface area contributed by atoms with Gasteiger partial charge in [-0.3, -0.25) is 9.59 Å². The number of hydrogen-bond donors (Lipinski definition) is 3. The molecule has 190 valence electrons. The Kier molecular flexibility index (Phi) is 6.90. The normalized spacial score (nSPS) is 15.4. The number of methoxy groups -OCH3 is 1. The van der Waals surface area contributed by atoms with Crippen LogP contribution in [0.4, 0.5) is 0 Å². The molecule has 2 fully saturated rings. The number of rotatable bonds is 9. The highest BCUT2D eigenvalue weighted by Crippen LogP contribution is 2.41. The molecule has 5 rings (SSSR count). The molecule has 3 N–H and O–H groups in total. The maximum absolute atomic E-state index is 12.9. The van der Waals surface area contributed by atoms with E-state index in [1.165, 1.54) is 56.2 Å². The average Bonchev–Trinajstić information content (AvgIpc) is 3.82. The third kappa shape index (κ3) is 5.63. The number of amides is 2. The standard InChI is InChI=1S/C29H30N4O4/c1-17(31-29(36)26-27(34)24(37-2)13-14-30-26)28(35)33-32-25(22-7-3-5-20(15-22)18-9-10-18)23-8-4-6-21(16-23)19-11-12-19/h3-8,13-19,34H,9-12H2,1-2H3,(H,31,36)(H,33,35)/t17-/m0/s1. The van der Waals surface area contributed by atoms with Crippen molar-refractivity contribution in [1.29, 1.82) is 0 Å². The van der Waals surface area contributed by atoms with Gasteiger partial charge in [-0.15, -0.1) is 0 Å². The van der Waals surface area contributed by atoms with E-state index in [-0.39, 0.29) is 17.2 Å². The smallest absolute Gasteiger partial charge is 0.274 e. The van der Waals surface area contributed by atoms with Gasteiger partial charge in [0.2, 0.25) is 0 Å². The molecule has 8 heteroatoms. The highest BCUT2D eigenvalue weighted by Gasteiger charge is 2.26. The quantitative estimate of drug-likeness (QED) is 0.302. The van der Waals surface area contributed by atoms with Crippen LogP contribution < -0.4 is 15.5 Å². The molecule has 0 radical (unpaired) electrons. The number of hydrazone groups is 1. The summed E-state index contributed by atoms with van der Waals surface area (Å²) in [6.07, 6.45) is 6.12. The predicted molar refractivity (Wildman–Crippen MR) is 140 cm³/mol. The molecule has 2 saturated carbocycles. The van der Waals surface area contributed by atoms with Crippen LogP contribution in [0.25, 0.3) is 0 Å². The van der Waals surface area contributed by atoms with Crippen molar-refractivity contribution in [3.63, 3.8) is 0 Å². The molecule has 2 aliphatic rings. The van der Waals surface area contributed by atoms with Crippen LogP contribution in [0.3, 0.4) is 0 Å². The van der Waals surface area contributed by atoms with Gasteiger partial charge in [-0.25, -0.2) is 10.4 Å². The summed E-state index contributed by atoms with van der Waals surface area (Å²) < 4.78 is 5.02. The van der Waals surface area contributed by atoms with E-state index in [0.29, 0.717) is 17.5 Å². The largest absolute Gasteiger partial charge is 0.503 e. The Morgan fingerprint density at radius 3 is 2.14 bits per heavy atom. The number of aromatic hydroxyl groups is 1. The van der Waals surface area contributed by atoms with Gasteiger partial charge in [0, 0.05) is 23.4 Å². The zero-order valence-corrected chi connectivity index (χ0v) is 20.9. The second-order valence-electron chi connectivity index (χ2n) is 9.64. The third-order valence-corrected chi connectivity index (χ3v) is 6.76. The van der Waals surface area contributed by atoms with Crippen LogP contribution >= 0.6 is 0 Å². The van der Waals surface area contributed by atoms with Crippen LogP contribution in [0.2, 0.25) is 0 Å². The van der Waals surface area contributed by atoms with Crippen LogP contribution in [0.15, 0.2) is 65.9 Å². The van der Waals surface area contributed by atoms with Crippen molar-refractivity contribution in [2.24, 2.45) is 5.10 Å². The number of carbonyl (C=O) groups is 2. The number of carbonyl (C=O) groups excluding carboxylic acids is 2. The maximum Gasteiger partial charge on any atom is 0.274 e. The Hall–Kier alpha value is -4.20. The fourth-order valence-corrected chi connectivity index (χ4v) is 4.31. The molecule has 37 heavy (non-hydrogen) atoms. The Labute approximate surface area is 215 Å². The molecular weight excluding hydrogens is 468 g/mol. The lowest BCUT2D eigenvalue weighted by atomic mass is 9.97. The Bertz CT molecular complexity index is 1300. The van der Waals surface area contributed by atoms with E-state index in [0.717, 1.165) is 11.1 Å². The Morgan fingerprint density at radius 2 is 1.59 bits per heavy atom. The lowest BCUT2D eigenvalue weighted by Crippen LogP contribution is -2.43. The number of aromatic nitrogens is 1. The van der Waals surface area contributed by atoms with Crippen molar-refractivity contribution in [2.45, 2.75) is 50.5 Å². The van der Waals surface area contributed by atoms with Gasteiger partial charge in [0.05, 0.1) is 12.8 Å². The molecule has 8 nitrogen and oxygen atoms in total. The first-order chi connectivity index (χ1) is 17.9. The van der Waals surface area contributed by atoms with Gasteiger partial charge in [-0.05, 0) is 67.7 Å². The van der Waals surface area contributed by atoms with E-state index in [1.807, 2.05) is 24.3 Å². The molecular formula is C29H30N4O4. The van der Waals surface area contributed by atoms with E-state index in [9.17, 15) is 14.7 Å². The first kappa shape index (κ1) is 24.5. The highest BCUT2D eigenvalue weighted by molar-refractivity contribution is 6.13. The zero-order valence-electron chi connectivity index (χ0n) is 20.9. The average molecular weight is 499 g/mol. The summed E-state index contributed by atoms with van der Waals surface area (Å²) >= 11 is 0. The fraction of sp³-hybridized carbons (Fsp3) is 0.310. The van der Waals surface area contributed by atoms with Crippen LogP contribution in [-0.4, -0.2) is 40.8 Å². The van der Waals surface area contributed by atoms with Crippen molar-refractivity contribution in [2.75, 3.05) is 7.11 Å². The molecule has 0 spiro atoms. The van der Waals surface area contributed by atoms with Gasteiger partial charge >= 0.3 is 0 Å². The topological polar surface area (TPSA) is 113 Å². The first-order valence-corrected chi connectivity index (χ1v) is 12.6. The molecule has 0 aliphatic heterocycles. The number of hydrogen-bond acceptors (Lipinski definition) is 6. The molecule has 1 atom stereocenters. The summed E-state index contributed by atoms with van der Waals surface area (Å²) in [6.45, 7) is 1.54. The molecule has 2 aromatic carbocycles. The molecule has 0 saturated heterocycles. The van der Waals surface area contributed by atoms with Gasteiger partial charge < -0.3 is 15.2 Å². The molecule has 0 unspecified atom stereocenters. The summed E-state index contributed by atoms with van der Waals surface area (Å²) in [6, 6.07) is 17.1. The monoisotopic (exact) mass is 498 g/mol. The van der Waals surface area contributed by atoms with Crippen LogP contribution in [0, 0.1) is 0 Å². The highest BCUT2D eigenvalue weighted by atomic mass is 16.5. The number of ether oxygens (including phenoxy) is 1. The summed E-state index contributed by atoms with van der Waals surface area (Å²) in [5.74, 6) is -0.284. The van der Waals surface area contributed by atoms with E-state index in [4.69, 9.17) is 4.74 Å². The summed E-state index contributed by atoms with van der Waals surface area (Å²) in [5, 5.41) is 17.3. The van der Waals surface area contributed by atoms with Crippen LogP contribution in [-0.2, 0) is 4.79 Å². The minimum absolute atomic E-state index is 0.119. The van der Waals surface area contributed by atoms with Gasteiger partial charge in [0.1, 0.15) is 6.04 Å². The maximum atomic E-state index is 12.9. The molecule has 1 heterocycles. The van der Waals surface area contributed by atoms with E-state index < -0.39 is 17.9 Å². The van der Waals surface area contributed by atoms with Crippen molar-refractivity contribution in [1.82, 2.24) is 15.7 Å². The van der Waals surface area contributed by atoms with Gasteiger partial charge in [-0.1, -0.05) is 36.4 Å². The number of pyridine rings is 1. The minimum Gasteiger partial charge on any atom is -0.503 e.